The molecule has 2 aromatic rings. The standard InChI is InChI=1S/C18H18N4O3S2/c1-2-21-17(24)13(27-18(21)26)11-12-15(20-7-9-25-10-8-20)19-14-5-3-4-6-22(14)16(12)23/h3-6,11H,2,7-10H2,1H3/b13-11+. The second-order valence-electron chi connectivity index (χ2n) is 6.11. The zero-order chi connectivity index (χ0) is 19.0. The third kappa shape index (κ3) is 3.26. The van der Waals surface area contributed by atoms with Crippen LogP contribution in [-0.4, -0.2) is 57.4 Å². The second-order valence-corrected chi connectivity index (χ2v) is 7.78. The summed E-state index contributed by atoms with van der Waals surface area (Å²) in [4.78, 5) is 34.5. The Balaban J connectivity index is 1.89. The summed E-state index contributed by atoms with van der Waals surface area (Å²) in [7, 11) is 0. The van der Waals surface area contributed by atoms with E-state index in [-0.39, 0.29) is 11.5 Å². The Morgan fingerprint density at radius 2 is 2.07 bits per heavy atom. The number of nitrogens with zero attached hydrogens (tertiary/aromatic N) is 4. The van der Waals surface area contributed by atoms with Crippen LogP contribution >= 0.6 is 24.0 Å². The van der Waals surface area contributed by atoms with E-state index in [0.29, 0.717) is 59.1 Å². The van der Waals surface area contributed by atoms with Gasteiger partial charge in [-0.1, -0.05) is 30.0 Å². The van der Waals surface area contributed by atoms with Gasteiger partial charge in [-0.15, -0.1) is 0 Å². The summed E-state index contributed by atoms with van der Waals surface area (Å²) in [5.41, 5.74) is 0.767. The van der Waals surface area contributed by atoms with Crippen molar-refractivity contribution >= 4 is 51.7 Å². The van der Waals surface area contributed by atoms with Crippen molar-refractivity contribution in [3.05, 3.63) is 45.2 Å². The molecule has 0 N–H and O–H groups in total. The maximum absolute atomic E-state index is 13.2. The molecule has 9 heteroatoms. The molecule has 2 fully saturated rings. The highest BCUT2D eigenvalue weighted by Gasteiger charge is 2.31. The maximum atomic E-state index is 13.2. The van der Waals surface area contributed by atoms with Crippen LogP contribution in [0.15, 0.2) is 34.1 Å². The van der Waals surface area contributed by atoms with Crippen LogP contribution in [0, 0.1) is 0 Å². The van der Waals surface area contributed by atoms with Crippen LogP contribution in [-0.2, 0) is 9.53 Å². The van der Waals surface area contributed by atoms with Gasteiger partial charge in [-0.2, -0.15) is 0 Å². The lowest BCUT2D eigenvalue weighted by molar-refractivity contribution is -0.121. The lowest BCUT2D eigenvalue weighted by atomic mass is 10.2. The first-order valence-corrected chi connectivity index (χ1v) is 9.92. The molecule has 0 radical (unpaired) electrons. The van der Waals surface area contributed by atoms with E-state index < -0.39 is 0 Å². The van der Waals surface area contributed by atoms with Crippen LogP contribution in [0.5, 0.6) is 0 Å². The fraction of sp³-hybridized carbons (Fsp3) is 0.333. The molecule has 2 aliphatic heterocycles. The van der Waals surface area contributed by atoms with Crippen molar-refractivity contribution < 1.29 is 9.53 Å². The molecule has 0 unspecified atom stereocenters. The predicted octanol–water partition coefficient (Wildman–Crippen LogP) is 1.75. The van der Waals surface area contributed by atoms with Gasteiger partial charge < -0.3 is 9.64 Å². The Kier molecular flexibility index (Phi) is 4.98. The molecule has 1 amide bonds. The third-order valence-electron chi connectivity index (χ3n) is 4.52. The molecule has 0 bridgehead atoms. The van der Waals surface area contributed by atoms with Gasteiger partial charge in [-0.05, 0) is 25.1 Å². The number of morpholine rings is 1. The van der Waals surface area contributed by atoms with E-state index in [1.165, 1.54) is 21.1 Å². The number of fused-ring (bicyclic) bond motifs is 1. The number of hydrogen-bond acceptors (Lipinski definition) is 7. The number of thioether (sulfide) groups is 1. The van der Waals surface area contributed by atoms with Crippen molar-refractivity contribution in [2.24, 2.45) is 0 Å². The summed E-state index contributed by atoms with van der Waals surface area (Å²) in [6.07, 6.45) is 3.32. The van der Waals surface area contributed by atoms with E-state index in [1.807, 2.05) is 17.9 Å². The minimum absolute atomic E-state index is 0.169. The molecule has 27 heavy (non-hydrogen) atoms. The largest absolute Gasteiger partial charge is 0.378 e. The van der Waals surface area contributed by atoms with Gasteiger partial charge in [-0.25, -0.2) is 4.98 Å². The summed E-state index contributed by atoms with van der Waals surface area (Å²) < 4.78 is 7.43. The lowest BCUT2D eigenvalue weighted by Crippen LogP contribution is -2.38. The van der Waals surface area contributed by atoms with Gasteiger partial charge >= 0.3 is 0 Å². The van der Waals surface area contributed by atoms with Crippen LogP contribution in [0.2, 0.25) is 0 Å². The smallest absolute Gasteiger partial charge is 0.267 e. The number of amides is 1. The second kappa shape index (κ2) is 7.41. The first-order valence-electron chi connectivity index (χ1n) is 8.69. The molecule has 0 aromatic carbocycles. The van der Waals surface area contributed by atoms with E-state index in [1.54, 1.807) is 24.4 Å². The predicted molar refractivity (Wildman–Crippen MR) is 110 cm³/mol. The lowest BCUT2D eigenvalue weighted by Gasteiger charge is -2.29. The number of ether oxygens (including phenoxy) is 1. The normalized spacial score (nSPS) is 19.5. The topological polar surface area (TPSA) is 67.2 Å². The Labute approximate surface area is 165 Å². The quantitative estimate of drug-likeness (QED) is 0.572. The van der Waals surface area contributed by atoms with E-state index in [2.05, 4.69) is 0 Å². The molecule has 4 rings (SSSR count). The first-order chi connectivity index (χ1) is 13.1. The SMILES string of the molecule is CCN1C(=O)/C(=C\c2c(N3CCOCC3)nc3ccccn3c2=O)SC1=S. The maximum Gasteiger partial charge on any atom is 0.267 e. The van der Waals surface area contributed by atoms with Gasteiger partial charge in [0.15, 0.2) is 0 Å². The van der Waals surface area contributed by atoms with Crippen LogP contribution in [0.4, 0.5) is 5.82 Å². The van der Waals surface area contributed by atoms with Gasteiger partial charge in [-0.3, -0.25) is 18.9 Å². The fourth-order valence-corrected chi connectivity index (χ4v) is 4.50. The molecule has 140 valence electrons. The molecule has 0 spiro atoms. The summed E-state index contributed by atoms with van der Waals surface area (Å²) in [5, 5.41) is 0. The summed E-state index contributed by atoms with van der Waals surface area (Å²) in [6, 6.07) is 5.42. The molecular weight excluding hydrogens is 384 g/mol. The number of thiocarbonyl (C=S) groups is 1. The molecule has 0 atom stereocenters. The Hall–Kier alpha value is -2.23. The number of hydrogen-bond donors (Lipinski definition) is 0. The third-order valence-corrected chi connectivity index (χ3v) is 5.90. The summed E-state index contributed by atoms with van der Waals surface area (Å²) in [5.74, 6) is 0.411. The zero-order valence-electron chi connectivity index (χ0n) is 14.8. The molecule has 2 saturated heterocycles. The van der Waals surface area contributed by atoms with Crippen LogP contribution in [0.3, 0.4) is 0 Å². The fourth-order valence-electron chi connectivity index (χ4n) is 3.14. The Morgan fingerprint density at radius 3 is 2.78 bits per heavy atom. The van der Waals surface area contributed by atoms with E-state index in [0.717, 1.165) is 0 Å². The van der Waals surface area contributed by atoms with Crippen molar-refractivity contribution in [1.82, 2.24) is 14.3 Å². The number of carbonyl (C=O) groups excluding carboxylic acids is 1. The molecular formula is C18H18N4O3S2. The Bertz CT molecular complexity index is 1010. The summed E-state index contributed by atoms with van der Waals surface area (Å²) in [6.45, 7) is 4.82. The number of anilines is 1. The van der Waals surface area contributed by atoms with Crippen molar-refractivity contribution in [3.63, 3.8) is 0 Å². The average Bonchev–Trinajstić information content (AvgIpc) is 2.97. The molecule has 2 aromatic heterocycles. The van der Waals surface area contributed by atoms with E-state index in [9.17, 15) is 9.59 Å². The monoisotopic (exact) mass is 402 g/mol. The minimum atomic E-state index is -0.205. The van der Waals surface area contributed by atoms with Gasteiger partial charge in [0.1, 0.15) is 15.8 Å². The Morgan fingerprint density at radius 1 is 1.30 bits per heavy atom. The van der Waals surface area contributed by atoms with Crippen molar-refractivity contribution in [2.45, 2.75) is 6.92 Å². The van der Waals surface area contributed by atoms with Crippen molar-refractivity contribution in [2.75, 3.05) is 37.7 Å². The number of carbonyl (C=O) groups is 1. The highest BCUT2D eigenvalue weighted by molar-refractivity contribution is 8.26. The van der Waals surface area contributed by atoms with Crippen molar-refractivity contribution in [3.8, 4) is 0 Å². The highest BCUT2D eigenvalue weighted by Crippen LogP contribution is 2.33. The number of rotatable bonds is 3. The highest BCUT2D eigenvalue weighted by atomic mass is 32.2. The molecule has 4 heterocycles. The van der Waals surface area contributed by atoms with Crippen LogP contribution in [0.25, 0.3) is 11.7 Å². The van der Waals surface area contributed by atoms with Crippen LogP contribution in [0.1, 0.15) is 12.5 Å². The molecule has 0 aliphatic carbocycles. The van der Waals surface area contributed by atoms with Crippen LogP contribution < -0.4 is 10.5 Å². The van der Waals surface area contributed by atoms with E-state index in [4.69, 9.17) is 21.9 Å². The molecule has 7 nitrogen and oxygen atoms in total. The number of aromatic nitrogens is 2. The van der Waals surface area contributed by atoms with E-state index >= 15 is 0 Å². The number of likely N-dealkylation sites (N-methyl/N-ethyl adjacent to an activating group) is 1. The molecule has 0 saturated carbocycles. The molecule has 2 aliphatic rings. The van der Waals surface area contributed by atoms with Gasteiger partial charge in [0.2, 0.25) is 0 Å². The van der Waals surface area contributed by atoms with Gasteiger partial charge in [0.25, 0.3) is 11.5 Å². The summed E-state index contributed by atoms with van der Waals surface area (Å²) >= 11 is 6.50. The minimum Gasteiger partial charge on any atom is -0.378 e. The van der Waals surface area contributed by atoms with Gasteiger partial charge in [0, 0.05) is 25.8 Å². The zero-order valence-corrected chi connectivity index (χ0v) is 16.4. The average molecular weight is 403 g/mol. The van der Waals surface area contributed by atoms with Gasteiger partial charge in [0.05, 0.1) is 23.7 Å². The first kappa shape index (κ1) is 18.1. The number of pyridine rings is 1. The van der Waals surface area contributed by atoms with Crippen molar-refractivity contribution in [1.29, 1.82) is 0 Å².